The lowest BCUT2D eigenvalue weighted by Crippen LogP contribution is -2.28. The molecule has 0 aromatic heterocycles. The molecule has 84 valence electrons. The molecule has 14 heavy (non-hydrogen) atoms. The van der Waals surface area contributed by atoms with E-state index < -0.39 is 15.9 Å². The van der Waals surface area contributed by atoms with Crippen molar-refractivity contribution >= 4 is 9.84 Å². The van der Waals surface area contributed by atoms with Crippen LogP contribution in [0, 0.1) is 5.92 Å². The Morgan fingerprint density at radius 3 is 2.57 bits per heavy atom. The minimum atomic E-state index is -2.89. The van der Waals surface area contributed by atoms with E-state index in [0.29, 0.717) is 6.42 Å². The van der Waals surface area contributed by atoms with E-state index in [1.54, 1.807) is 0 Å². The van der Waals surface area contributed by atoms with E-state index in [0.717, 1.165) is 0 Å². The Bertz CT molecular complexity index is 271. The van der Waals surface area contributed by atoms with Gasteiger partial charge >= 0.3 is 0 Å². The van der Waals surface area contributed by atoms with Gasteiger partial charge in [0.2, 0.25) is 0 Å². The highest BCUT2D eigenvalue weighted by Gasteiger charge is 2.32. The zero-order valence-electron chi connectivity index (χ0n) is 8.64. The van der Waals surface area contributed by atoms with Gasteiger partial charge in [-0.2, -0.15) is 0 Å². The predicted molar refractivity (Wildman–Crippen MR) is 53.9 cm³/mol. The van der Waals surface area contributed by atoms with Gasteiger partial charge in [0.15, 0.2) is 9.84 Å². The highest BCUT2D eigenvalue weighted by molar-refractivity contribution is 7.91. The van der Waals surface area contributed by atoms with Crippen LogP contribution in [0.3, 0.4) is 0 Å². The third kappa shape index (κ3) is 3.55. The first-order valence-corrected chi connectivity index (χ1v) is 6.73. The maximum atomic E-state index is 11.1. The monoisotopic (exact) mass is 222 g/mol. The molecule has 4 nitrogen and oxygen atoms in total. The van der Waals surface area contributed by atoms with Crippen molar-refractivity contribution in [2.75, 3.05) is 18.1 Å². The molecule has 1 N–H and O–H groups in total. The molecule has 1 heterocycles. The van der Waals surface area contributed by atoms with Crippen LogP contribution in [0.25, 0.3) is 0 Å². The fourth-order valence-electron chi connectivity index (χ4n) is 1.55. The molecular formula is C9H18O4S. The summed E-state index contributed by atoms with van der Waals surface area (Å²) in [5.74, 6) is 0.171. The van der Waals surface area contributed by atoms with E-state index in [1.165, 1.54) is 0 Å². The van der Waals surface area contributed by atoms with Gasteiger partial charge in [0.25, 0.3) is 0 Å². The molecule has 1 fully saturated rings. The third-order valence-electron chi connectivity index (χ3n) is 2.41. The average Bonchev–Trinajstić information content (AvgIpc) is 2.41. The molecule has 0 amide bonds. The maximum absolute atomic E-state index is 11.1. The summed E-state index contributed by atoms with van der Waals surface area (Å²) in [7, 11) is -2.89. The highest BCUT2D eigenvalue weighted by atomic mass is 32.2. The van der Waals surface area contributed by atoms with Crippen LogP contribution in [-0.4, -0.2) is 43.8 Å². The second kappa shape index (κ2) is 4.59. The fraction of sp³-hybridized carbons (Fsp3) is 1.00. The van der Waals surface area contributed by atoms with E-state index >= 15 is 0 Å². The number of sulfone groups is 1. The summed E-state index contributed by atoms with van der Waals surface area (Å²) in [5.41, 5.74) is 0. The van der Waals surface area contributed by atoms with Crippen LogP contribution < -0.4 is 0 Å². The second-order valence-corrected chi connectivity index (χ2v) is 6.34. The summed E-state index contributed by atoms with van der Waals surface area (Å²) < 4.78 is 27.5. The van der Waals surface area contributed by atoms with Gasteiger partial charge in [-0.1, -0.05) is 0 Å². The quantitative estimate of drug-likeness (QED) is 0.738. The van der Waals surface area contributed by atoms with Crippen molar-refractivity contribution in [1.82, 2.24) is 0 Å². The zero-order chi connectivity index (χ0) is 10.8. The van der Waals surface area contributed by atoms with E-state index in [-0.39, 0.29) is 30.1 Å². The average molecular weight is 222 g/mol. The SMILES string of the molecule is CC(C)OCC(O)C1CCS(=O)(=O)C1. The maximum Gasteiger partial charge on any atom is 0.150 e. The largest absolute Gasteiger partial charge is 0.390 e. The smallest absolute Gasteiger partial charge is 0.150 e. The molecule has 0 saturated carbocycles. The summed E-state index contributed by atoms with van der Waals surface area (Å²) in [6.45, 7) is 4.01. The summed E-state index contributed by atoms with van der Waals surface area (Å²) in [4.78, 5) is 0. The van der Waals surface area contributed by atoms with Crippen molar-refractivity contribution in [3.63, 3.8) is 0 Å². The van der Waals surface area contributed by atoms with E-state index in [9.17, 15) is 13.5 Å². The number of rotatable bonds is 4. The minimum absolute atomic E-state index is 0.0719. The Balaban J connectivity index is 2.36. The second-order valence-electron chi connectivity index (χ2n) is 4.11. The molecule has 2 atom stereocenters. The number of hydrogen-bond acceptors (Lipinski definition) is 4. The van der Waals surface area contributed by atoms with Gasteiger partial charge < -0.3 is 9.84 Å². The summed E-state index contributed by atoms with van der Waals surface area (Å²) >= 11 is 0. The van der Waals surface area contributed by atoms with Crippen molar-refractivity contribution in [1.29, 1.82) is 0 Å². The molecular weight excluding hydrogens is 204 g/mol. The van der Waals surface area contributed by atoms with Crippen LogP contribution in [0.5, 0.6) is 0 Å². The van der Waals surface area contributed by atoms with Gasteiger partial charge in [0, 0.05) is 5.92 Å². The van der Waals surface area contributed by atoms with Gasteiger partial charge in [0.1, 0.15) is 0 Å². The van der Waals surface area contributed by atoms with Crippen LogP contribution in [-0.2, 0) is 14.6 Å². The Hall–Kier alpha value is -0.130. The molecule has 0 radical (unpaired) electrons. The highest BCUT2D eigenvalue weighted by Crippen LogP contribution is 2.22. The van der Waals surface area contributed by atoms with Gasteiger partial charge in [-0.25, -0.2) is 8.42 Å². The van der Waals surface area contributed by atoms with Crippen molar-refractivity contribution < 1.29 is 18.3 Å². The Morgan fingerprint density at radius 1 is 1.50 bits per heavy atom. The van der Waals surface area contributed by atoms with Gasteiger partial charge in [-0.15, -0.1) is 0 Å². The van der Waals surface area contributed by atoms with Crippen LogP contribution in [0.2, 0.25) is 0 Å². The summed E-state index contributed by atoms with van der Waals surface area (Å²) in [6, 6.07) is 0. The Labute approximate surface area is 85.2 Å². The van der Waals surface area contributed by atoms with Gasteiger partial charge in [-0.05, 0) is 20.3 Å². The molecule has 1 aliphatic heterocycles. The molecule has 5 heteroatoms. The zero-order valence-corrected chi connectivity index (χ0v) is 9.46. The van der Waals surface area contributed by atoms with E-state index in [4.69, 9.17) is 4.74 Å². The van der Waals surface area contributed by atoms with Crippen molar-refractivity contribution in [3.05, 3.63) is 0 Å². The van der Waals surface area contributed by atoms with E-state index in [2.05, 4.69) is 0 Å². The Kier molecular flexibility index (Phi) is 3.92. The number of aliphatic hydroxyl groups excluding tert-OH is 1. The first-order chi connectivity index (χ1) is 6.41. The van der Waals surface area contributed by atoms with Gasteiger partial charge in [0.05, 0.1) is 30.3 Å². The number of ether oxygens (including phenoxy) is 1. The fourth-order valence-corrected chi connectivity index (χ4v) is 3.42. The lowest BCUT2D eigenvalue weighted by molar-refractivity contribution is -0.0146. The third-order valence-corrected chi connectivity index (χ3v) is 4.21. The number of hydrogen-bond donors (Lipinski definition) is 1. The minimum Gasteiger partial charge on any atom is -0.390 e. The predicted octanol–water partition coefficient (Wildman–Crippen LogP) is 0.207. The standard InChI is InChI=1S/C9H18O4S/c1-7(2)13-5-9(10)8-3-4-14(11,12)6-8/h7-10H,3-6H2,1-2H3. The molecule has 0 aliphatic carbocycles. The van der Waals surface area contributed by atoms with Crippen molar-refractivity contribution in [3.8, 4) is 0 Å². The topological polar surface area (TPSA) is 63.6 Å². The first-order valence-electron chi connectivity index (χ1n) is 4.91. The van der Waals surface area contributed by atoms with Gasteiger partial charge in [-0.3, -0.25) is 0 Å². The van der Waals surface area contributed by atoms with Crippen LogP contribution >= 0.6 is 0 Å². The first kappa shape index (κ1) is 11.9. The lowest BCUT2D eigenvalue weighted by Gasteiger charge is -2.17. The Morgan fingerprint density at radius 2 is 2.14 bits per heavy atom. The number of aliphatic hydroxyl groups is 1. The van der Waals surface area contributed by atoms with Crippen molar-refractivity contribution in [2.24, 2.45) is 5.92 Å². The van der Waals surface area contributed by atoms with E-state index in [1.807, 2.05) is 13.8 Å². The molecule has 0 bridgehead atoms. The van der Waals surface area contributed by atoms with Crippen LogP contribution in [0.4, 0.5) is 0 Å². The van der Waals surface area contributed by atoms with Crippen LogP contribution in [0.15, 0.2) is 0 Å². The molecule has 0 spiro atoms. The van der Waals surface area contributed by atoms with Crippen LogP contribution in [0.1, 0.15) is 20.3 Å². The molecule has 0 aromatic rings. The molecule has 1 aliphatic rings. The summed E-state index contributed by atoms with van der Waals surface area (Å²) in [5, 5.41) is 9.64. The molecule has 1 saturated heterocycles. The molecule has 1 rings (SSSR count). The normalized spacial score (nSPS) is 28.1. The molecule has 0 aromatic carbocycles. The molecule has 2 unspecified atom stereocenters. The summed E-state index contributed by atoms with van der Waals surface area (Å²) in [6.07, 6.45) is -0.0114. The lowest BCUT2D eigenvalue weighted by atomic mass is 10.0. The van der Waals surface area contributed by atoms with Crippen molar-refractivity contribution in [2.45, 2.75) is 32.5 Å².